The maximum Gasteiger partial charge on any atom is 0.0706 e. The van der Waals surface area contributed by atoms with E-state index in [1.54, 1.807) is 0 Å². The summed E-state index contributed by atoms with van der Waals surface area (Å²) in [6.45, 7) is 0. The van der Waals surface area contributed by atoms with Crippen molar-refractivity contribution in [3.63, 3.8) is 0 Å². The Morgan fingerprint density at radius 1 is 0.889 bits per heavy atom. The second-order valence-corrected chi connectivity index (χ2v) is 4.57. The van der Waals surface area contributed by atoms with Crippen LogP contribution in [-0.4, -0.2) is 9.78 Å². The van der Waals surface area contributed by atoms with Crippen molar-refractivity contribution in [3.05, 3.63) is 65.9 Å². The molecular formula is C16H16N2. The van der Waals surface area contributed by atoms with E-state index in [0.717, 1.165) is 12.8 Å². The Morgan fingerprint density at radius 3 is 2.44 bits per heavy atom. The van der Waals surface area contributed by atoms with Crippen LogP contribution in [0.2, 0.25) is 0 Å². The lowest BCUT2D eigenvalue weighted by Crippen LogP contribution is -1.94. The number of aryl methyl sites for hydroxylation is 3. The SMILES string of the molecule is Cn1nc(CCc2ccccc2)c2ccccc21. The summed E-state index contributed by atoms with van der Waals surface area (Å²) in [5, 5.41) is 5.90. The highest BCUT2D eigenvalue weighted by molar-refractivity contribution is 5.81. The molecule has 0 N–H and O–H groups in total. The van der Waals surface area contributed by atoms with E-state index in [1.807, 2.05) is 11.7 Å². The van der Waals surface area contributed by atoms with E-state index in [-0.39, 0.29) is 0 Å². The standard InChI is InChI=1S/C16H16N2/c1-18-16-10-6-5-9-14(16)15(17-18)12-11-13-7-3-2-4-8-13/h2-10H,11-12H2,1H3. The largest absolute Gasteiger partial charge is 0.268 e. The minimum Gasteiger partial charge on any atom is -0.268 e. The normalized spacial score (nSPS) is 10.9. The minimum absolute atomic E-state index is 0.991. The van der Waals surface area contributed by atoms with Gasteiger partial charge < -0.3 is 0 Å². The first kappa shape index (κ1) is 11.0. The molecule has 0 bridgehead atoms. The van der Waals surface area contributed by atoms with Gasteiger partial charge in [0.2, 0.25) is 0 Å². The second kappa shape index (κ2) is 4.65. The summed E-state index contributed by atoms with van der Waals surface area (Å²) >= 11 is 0. The lowest BCUT2D eigenvalue weighted by atomic mass is 10.1. The van der Waals surface area contributed by atoms with Gasteiger partial charge in [-0.2, -0.15) is 5.10 Å². The molecule has 1 aromatic heterocycles. The van der Waals surface area contributed by atoms with Crippen molar-refractivity contribution in [3.8, 4) is 0 Å². The van der Waals surface area contributed by atoms with E-state index in [1.165, 1.54) is 22.2 Å². The van der Waals surface area contributed by atoms with Gasteiger partial charge in [0, 0.05) is 12.4 Å². The van der Waals surface area contributed by atoms with E-state index < -0.39 is 0 Å². The van der Waals surface area contributed by atoms with Crippen LogP contribution in [0.15, 0.2) is 54.6 Å². The first-order valence-corrected chi connectivity index (χ1v) is 6.29. The number of rotatable bonds is 3. The fourth-order valence-electron chi connectivity index (χ4n) is 2.38. The summed E-state index contributed by atoms with van der Waals surface area (Å²) in [6, 6.07) is 19.0. The van der Waals surface area contributed by atoms with Gasteiger partial charge in [-0.3, -0.25) is 4.68 Å². The lowest BCUT2D eigenvalue weighted by molar-refractivity contribution is 0.758. The maximum atomic E-state index is 4.62. The van der Waals surface area contributed by atoms with Gasteiger partial charge >= 0.3 is 0 Å². The second-order valence-electron chi connectivity index (χ2n) is 4.57. The highest BCUT2D eigenvalue weighted by Gasteiger charge is 2.07. The molecule has 2 nitrogen and oxygen atoms in total. The Morgan fingerprint density at radius 2 is 1.61 bits per heavy atom. The van der Waals surface area contributed by atoms with Gasteiger partial charge in [0.1, 0.15) is 0 Å². The van der Waals surface area contributed by atoms with Crippen molar-refractivity contribution in [2.45, 2.75) is 12.8 Å². The quantitative estimate of drug-likeness (QED) is 0.682. The summed E-state index contributed by atoms with van der Waals surface area (Å²) in [5.41, 5.74) is 3.77. The highest BCUT2D eigenvalue weighted by atomic mass is 15.3. The molecule has 0 saturated carbocycles. The van der Waals surface area contributed by atoms with Crippen LogP contribution >= 0.6 is 0 Å². The molecule has 2 heteroatoms. The smallest absolute Gasteiger partial charge is 0.0706 e. The zero-order valence-electron chi connectivity index (χ0n) is 10.5. The summed E-state index contributed by atoms with van der Waals surface area (Å²) in [7, 11) is 2.01. The molecule has 18 heavy (non-hydrogen) atoms. The molecule has 0 atom stereocenters. The molecule has 0 aliphatic rings. The molecule has 3 rings (SSSR count). The topological polar surface area (TPSA) is 17.8 Å². The molecule has 1 heterocycles. The van der Waals surface area contributed by atoms with Crippen LogP contribution in [0.3, 0.4) is 0 Å². The molecule has 0 aliphatic heterocycles. The van der Waals surface area contributed by atoms with E-state index in [2.05, 4.69) is 59.7 Å². The highest BCUT2D eigenvalue weighted by Crippen LogP contribution is 2.18. The lowest BCUT2D eigenvalue weighted by Gasteiger charge is -1.99. The van der Waals surface area contributed by atoms with Crippen LogP contribution in [0.25, 0.3) is 10.9 Å². The summed E-state index contributed by atoms with van der Waals surface area (Å²) in [4.78, 5) is 0. The van der Waals surface area contributed by atoms with Gasteiger partial charge in [-0.15, -0.1) is 0 Å². The third-order valence-electron chi connectivity index (χ3n) is 3.33. The number of nitrogens with zero attached hydrogens (tertiary/aromatic N) is 2. The summed E-state index contributed by atoms with van der Waals surface area (Å²) in [5.74, 6) is 0. The van der Waals surface area contributed by atoms with Crippen LogP contribution < -0.4 is 0 Å². The Hall–Kier alpha value is -2.09. The molecule has 0 spiro atoms. The zero-order valence-corrected chi connectivity index (χ0v) is 10.5. The Bertz CT molecular complexity index is 653. The van der Waals surface area contributed by atoms with Gasteiger partial charge in [-0.1, -0.05) is 48.5 Å². The van der Waals surface area contributed by atoms with Gasteiger partial charge in [0.15, 0.2) is 0 Å². The van der Waals surface area contributed by atoms with Crippen molar-refractivity contribution < 1.29 is 0 Å². The van der Waals surface area contributed by atoms with Crippen LogP contribution in [-0.2, 0) is 19.9 Å². The molecule has 0 saturated heterocycles. The fraction of sp³-hybridized carbons (Fsp3) is 0.188. The molecule has 0 amide bonds. The predicted molar refractivity (Wildman–Crippen MR) is 74.6 cm³/mol. The fourth-order valence-corrected chi connectivity index (χ4v) is 2.38. The number of fused-ring (bicyclic) bond motifs is 1. The van der Waals surface area contributed by atoms with Gasteiger partial charge in [-0.05, 0) is 24.5 Å². The zero-order chi connectivity index (χ0) is 12.4. The van der Waals surface area contributed by atoms with E-state index in [0.29, 0.717) is 0 Å². The van der Waals surface area contributed by atoms with Gasteiger partial charge in [-0.25, -0.2) is 0 Å². The van der Waals surface area contributed by atoms with Crippen molar-refractivity contribution in [2.24, 2.45) is 7.05 Å². The number of benzene rings is 2. The van der Waals surface area contributed by atoms with Crippen molar-refractivity contribution in [1.29, 1.82) is 0 Å². The molecule has 2 aromatic carbocycles. The molecule has 0 unspecified atom stereocenters. The average Bonchev–Trinajstić information content (AvgIpc) is 2.75. The maximum absolute atomic E-state index is 4.62. The molecule has 0 radical (unpaired) electrons. The monoisotopic (exact) mass is 236 g/mol. The minimum atomic E-state index is 0.991. The average molecular weight is 236 g/mol. The van der Waals surface area contributed by atoms with Crippen molar-refractivity contribution in [1.82, 2.24) is 9.78 Å². The van der Waals surface area contributed by atoms with Gasteiger partial charge in [0.25, 0.3) is 0 Å². The first-order chi connectivity index (χ1) is 8.84. The van der Waals surface area contributed by atoms with E-state index in [4.69, 9.17) is 0 Å². The molecular weight excluding hydrogens is 220 g/mol. The van der Waals surface area contributed by atoms with Gasteiger partial charge in [0.05, 0.1) is 11.2 Å². The third-order valence-corrected chi connectivity index (χ3v) is 3.33. The van der Waals surface area contributed by atoms with Crippen LogP contribution in [0.1, 0.15) is 11.3 Å². The van der Waals surface area contributed by atoms with Crippen LogP contribution in [0.4, 0.5) is 0 Å². The molecule has 0 aliphatic carbocycles. The predicted octanol–water partition coefficient (Wildman–Crippen LogP) is 3.36. The first-order valence-electron chi connectivity index (χ1n) is 6.29. The molecule has 0 fully saturated rings. The van der Waals surface area contributed by atoms with Crippen LogP contribution in [0.5, 0.6) is 0 Å². The number of para-hydroxylation sites is 1. The van der Waals surface area contributed by atoms with E-state index in [9.17, 15) is 0 Å². The van der Waals surface area contributed by atoms with Crippen molar-refractivity contribution >= 4 is 10.9 Å². The number of hydrogen-bond acceptors (Lipinski definition) is 1. The van der Waals surface area contributed by atoms with Crippen molar-refractivity contribution in [2.75, 3.05) is 0 Å². The Kier molecular flexibility index (Phi) is 2.85. The number of hydrogen-bond donors (Lipinski definition) is 0. The van der Waals surface area contributed by atoms with E-state index >= 15 is 0 Å². The third kappa shape index (κ3) is 2.02. The summed E-state index contributed by atoms with van der Waals surface area (Å²) < 4.78 is 1.97. The molecule has 3 aromatic rings. The molecule has 90 valence electrons. The van der Waals surface area contributed by atoms with Crippen LogP contribution in [0, 0.1) is 0 Å². The Labute approximate surface area is 107 Å². The Balaban J connectivity index is 1.87. The summed E-state index contributed by atoms with van der Waals surface area (Å²) in [6.07, 6.45) is 2.03. The number of aromatic nitrogens is 2.